The largest absolute Gasteiger partial charge is 0.488 e. The molecule has 0 saturated heterocycles. The van der Waals surface area contributed by atoms with Crippen LogP contribution < -0.4 is 15.4 Å². The average Bonchev–Trinajstić information content (AvgIpc) is 2.96. The van der Waals surface area contributed by atoms with Gasteiger partial charge in [-0.3, -0.25) is 0 Å². The van der Waals surface area contributed by atoms with Gasteiger partial charge in [0.2, 0.25) is 0 Å². The van der Waals surface area contributed by atoms with Gasteiger partial charge in [0.15, 0.2) is 0 Å². The first-order chi connectivity index (χ1) is 10.7. The van der Waals surface area contributed by atoms with Gasteiger partial charge in [-0.25, -0.2) is 4.79 Å². The highest BCUT2D eigenvalue weighted by atomic mass is 16.5. The lowest BCUT2D eigenvalue weighted by atomic mass is 9.87. The van der Waals surface area contributed by atoms with E-state index in [1.54, 1.807) is 0 Å². The van der Waals surface area contributed by atoms with Gasteiger partial charge in [0.25, 0.3) is 0 Å². The molecule has 0 bridgehead atoms. The van der Waals surface area contributed by atoms with Crippen molar-refractivity contribution in [3.05, 3.63) is 29.8 Å². The Morgan fingerprint density at radius 1 is 1.23 bits per heavy atom. The van der Waals surface area contributed by atoms with Crippen LogP contribution in [0.2, 0.25) is 0 Å². The number of urea groups is 1. The number of benzene rings is 1. The van der Waals surface area contributed by atoms with E-state index in [1.807, 2.05) is 18.2 Å². The van der Waals surface area contributed by atoms with E-state index in [1.165, 1.54) is 5.56 Å². The molecule has 1 unspecified atom stereocenters. The van der Waals surface area contributed by atoms with Gasteiger partial charge in [0.1, 0.15) is 11.9 Å². The van der Waals surface area contributed by atoms with Crippen molar-refractivity contribution in [1.82, 2.24) is 10.6 Å². The number of rotatable bonds is 4. The number of hydrogen-bond acceptors (Lipinski definition) is 3. The number of carbonyl (C=O) groups is 1. The number of fused-ring (bicyclic) bond motifs is 1. The van der Waals surface area contributed by atoms with Crippen molar-refractivity contribution in [3.63, 3.8) is 0 Å². The maximum absolute atomic E-state index is 12.0. The molecule has 1 saturated carbocycles. The van der Waals surface area contributed by atoms with Crippen LogP contribution in [0.3, 0.4) is 0 Å². The highest BCUT2D eigenvalue weighted by molar-refractivity contribution is 5.74. The summed E-state index contributed by atoms with van der Waals surface area (Å²) < 4.78 is 5.81. The quantitative estimate of drug-likeness (QED) is 0.795. The molecule has 1 aliphatic heterocycles. The Morgan fingerprint density at radius 3 is 2.73 bits per heavy atom. The number of para-hydroxylation sites is 1. The zero-order valence-corrected chi connectivity index (χ0v) is 12.8. The smallest absolute Gasteiger partial charge is 0.315 e. The van der Waals surface area contributed by atoms with E-state index >= 15 is 0 Å². The molecule has 0 radical (unpaired) electrons. The van der Waals surface area contributed by atoms with Crippen LogP contribution in [-0.4, -0.2) is 36.4 Å². The molecule has 2 aliphatic rings. The molecular weight excluding hydrogens is 280 g/mol. The van der Waals surface area contributed by atoms with E-state index in [0.717, 1.165) is 37.9 Å². The number of carbonyl (C=O) groups excluding carboxylic acids is 1. The van der Waals surface area contributed by atoms with Crippen molar-refractivity contribution in [2.24, 2.45) is 5.92 Å². The first-order valence-corrected chi connectivity index (χ1v) is 8.14. The third-order valence-corrected chi connectivity index (χ3v) is 4.64. The van der Waals surface area contributed by atoms with Crippen LogP contribution in [0.15, 0.2) is 24.3 Å². The Hall–Kier alpha value is -1.75. The van der Waals surface area contributed by atoms with Crippen LogP contribution in [0, 0.1) is 5.92 Å². The number of hydrogen-bond donors (Lipinski definition) is 3. The fourth-order valence-corrected chi connectivity index (χ4v) is 3.30. The first-order valence-electron chi connectivity index (χ1n) is 8.14. The summed E-state index contributed by atoms with van der Waals surface area (Å²) in [6.07, 6.45) is 4.74. The average molecular weight is 304 g/mol. The molecule has 1 aromatic rings. The second kappa shape index (κ2) is 7.01. The number of ether oxygens (including phenoxy) is 1. The molecule has 1 aromatic carbocycles. The van der Waals surface area contributed by atoms with E-state index in [4.69, 9.17) is 9.84 Å². The van der Waals surface area contributed by atoms with Crippen molar-refractivity contribution < 1.29 is 14.6 Å². The van der Waals surface area contributed by atoms with E-state index in [2.05, 4.69) is 16.7 Å². The van der Waals surface area contributed by atoms with Crippen LogP contribution in [0.25, 0.3) is 0 Å². The summed E-state index contributed by atoms with van der Waals surface area (Å²) in [7, 11) is 0. The molecule has 0 aromatic heterocycles. The molecule has 22 heavy (non-hydrogen) atoms. The third kappa shape index (κ3) is 3.71. The summed E-state index contributed by atoms with van der Waals surface area (Å²) in [6, 6.07) is 8.11. The zero-order valence-electron chi connectivity index (χ0n) is 12.8. The molecule has 5 nitrogen and oxygen atoms in total. The lowest BCUT2D eigenvalue weighted by Crippen LogP contribution is -2.46. The number of aliphatic hydroxyl groups is 1. The van der Waals surface area contributed by atoms with Crippen molar-refractivity contribution >= 4 is 6.03 Å². The fourth-order valence-electron chi connectivity index (χ4n) is 3.30. The topological polar surface area (TPSA) is 70.6 Å². The monoisotopic (exact) mass is 304 g/mol. The van der Waals surface area contributed by atoms with Gasteiger partial charge < -0.3 is 20.5 Å². The number of amides is 2. The van der Waals surface area contributed by atoms with Crippen molar-refractivity contribution in [2.45, 2.75) is 44.2 Å². The molecule has 1 aliphatic carbocycles. The van der Waals surface area contributed by atoms with Gasteiger partial charge in [-0.15, -0.1) is 0 Å². The minimum atomic E-state index is -0.119. The van der Waals surface area contributed by atoms with Gasteiger partial charge >= 0.3 is 6.03 Å². The van der Waals surface area contributed by atoms with E-state index in [-0.39, 0.29) is 24.8 Å². The summed E-state index contributed by atoms with van der Waals surface area (Å²) in [4.78, 5) is 12.0. The predicted molar refractivity (Wildman–Crippen MR) is 83.9 cm³/mol. The molecule has 1 fully saturated rings. The molecule has 0 spiro atoms. The molecule has 2 amide bonds. The van der Waals surface area contributed by atoms with Crippen LogP contribution in [0.1, 0.15) is 31.2 Å². The normalized spacial score (nSPS) is 26.9. The van der Waals surface area contributed by atoms with Gasteiger partial charge in [-0.1, -0.05) is 18.2 Å². The Bertz CT molecular complexity index is 487. The lowest BCUT2D eigenvalue weighted by molar-refractivity contribution is 0.173. The molecule has 5 heteroatoms. The van der Waals surface area contributed by atoms with Crippen LogP contribution >= 0.6 is 0 Å². The van der Waals surface area contributed by atoms with Crippen molar-refractivity contribution in [3.8, 4) is 5.75 Å². The Kier molecular flexibility index (Phi) is 4.83. The van der Waals surface area contributed by atoms with Gasteiger partial charge in [0, 0.05) is 19.1 Å². The van der Waals surface area contributed by atoms with Crippen molar-refractivity contribution in [1.29, 1.82) is 0 Å². The van der Waals surface area contributed by atoms with Crippen LogP contribution in [0.5, 0.6) is 5.75 Å². The third-order valence-electron chi connectivity index (χ3n) is 4.64. The van der Waals surface area contributed by atoms with E-state index < -0.39 is 0 Å². The summed E-state index contributed by atoms with van der Waals surface area (Å²) in [5, 5.41) is 15.1. The molecule has 1 atom stereocenters. The first kappa shape index (κ1) is 15.2. The van der Waals surface area contributed by atoms with E-state index in [0.29, 0.717) is 12.5 Å². The second-order valence-corrected chi connectivity index (χ2v) is 6.31. The molecule has 3 N–H and O–H groups in total. The molecule has 120 valence electrons. The lowest BCUT2D eigenvalue weighted by Gasteiger charge is -2.28. The van der Waals surface area contributed by atoms with Gasteiger partial charge in [0.05, 0.1) is 6.54 Å². The summed E-state index contributed by atoms with van der Waals surface area (Å²) in [5.74, 6) is 1.34. The standard InChI is InChI=1S/C17H24N2O3/c20-11-12-5-7-14(8-6-12)19-17(21)18-10-15-9-13-3-1-2-4-16(13)22-15/h1-4,12,14-15,20H,5-11H2,(H2,18,19,21). The molecule has 1 heterocycles. The van der Waals surface area contributed by atoms with Crippen molar-refractivity contribution in [2.75, 3.05) is 13.2 Å². The summed E-state index contributed by atoms with van der Waals surface area (Å²) in [6.45, 7) is 0.783. The van der Waals surface area contributed by atoms with Gasteiger partial charge in [-0.2, -0.15) is 0 Å². The fraction of sp³-hybridized carbons (Fsp3) is 0.588. The highest BCUT2D eigenvalue weighted by Crippen LogP contribution is 2.27. The van der Waals surface area contributed by atoms with Gasteiger partial charge in [-0.05, 0) is 43.2 Å². The Balaban J connectivity index is 1.37. The number of nitrogens with one attached hydrogen (secondary N) is 2. The molecular formula is C17H24N2O3. The highest BCUT2D eigenvalue weighted by Gasteiger charge is 2.24. The minimum Gasteiger partial charge on any atom is -0.488 e. The molecule has 3 rings (SSSR count). The number of aliphatic hydroxyl groups excluding tert-OH is 1. The summed E-state index contributed by atoms with van der Waals surface area (Å²) in [5.41, 5.74) is 1.21. The predicted octanol–water partition coefficient (Wildman–Crippen LogP) is 1.84. The summed E-state index contributed by atoms with van der Waals surface area (Å²) >= 11 is 0. The second-order valence-electron chi connectivity index (χ2n) is 6.31. The van der Waals surface area contributed by atoms with Crippen LogP contribution in [0.4, 0.5) is 4.79 Å². The maximum Gasteiger partial charge on any atom is 0.315 e. The van der Waals surface area contributed by atoms with E-state index in [9.17, 15) is 4.79 Å². The zero-order chi connectivity index (χ0) is 15.4. The maximum atomic E-state index is 12.0. The Morgan fingerprint density at radius 2 is 2.00 bits per heavy atom. The SMILES string of the molecule is O=C(NCC1Cc2ccccc2O1)NC1CCC(CO)CC1. The van der Waals surface area contributed by atoms with Crippen LogP contribution in [-0.2, 0) is 6.42 Å². The Labute approximate surface area is 131 Å². The minimum absolute atomic E-state index is 0.0216.